The molecule has 8 aromatic rings. The zero-order valence-electron chi connectivity index (χ0n) is 34.9. The van der Waals surface area contributed by atoms with Crippen molar-refractivity contribution in [2.75, 3.05) is 0 Å². The molecule has 0 saturated carbocycles. The fourth-order valence-electron chi connectivity index (χ4n) is 10.8. The van der Waals surface area contributed by atoms with E-state index in [4.69, 9.17) is 4.42 Å². The Bertz CT molecular complexity index is 2990. The third-order valence-electron chi connectivity index (χ3n) is 13.5. The first kappa shape index (κ1) is 35.2. The molecule has 1 aliphatic carbocycles. The van der Waals surface area contributed by atoms with Crippen molar-refractivity contribution < 1.29 is 13.6 Å². The predicted molar refractivity (Wildman–Crippen MR) is 235 cm³/mol. The molecule has 2 aliphatic heterocycles. The lowest BCUT2D eigenvalue weighted by Crippen LogP contribution is -2.58. The molecule has 0 fully saturated rings. The van der Waals surface area contributed by atoms with Crippen molar-refractivity contribution in [3.63, 3.8) is 0 Å². The Hall–Kier alpha value is -5.94. The Morgan fingerprint density at radius 3 is 1.98 bits per heavy atom. The molecule has 0 saturated heterocycles. The Morgan fingerprint density at radius 1 is 0.603 bits per heavy atom. The van der Waals surface area contributed by atoms with Crippen LogP contribution in [0.25, 0.3) is 61.8 Å². The van der Waals surface area contributed by atoms with Crippen molar-refractivity contribution in [1.29, 1.82) is 0 Å². The average molecular weight is 761 g/mol. The normalized spacial score (nSPS) is 16.8. The van der Waals surface area contributed by atoms with Crippen molar-refractivity contribution in [3.8, 4) is 34.2 Å². The summed E-state index contributed by atoms with van der Waals surface area (Å²) >= 11 is 0. The SMILES string of the molecule is CC(C)c1cccc(C(C)C)c1-n1cc[n+]2c1-c1ccccc1C1C3=C(C12)[n+]1ccn(-c2c(C(C)C)cc(C(C)C)c4oc5ccccc5c24)c1-c1ccccc1C3. The summed E-state index contributed by atoms with van der Waals surface area (Å²) in [6.07, 6.45) is 10.3. The van der Waals surface area contributed by atoms with E-state index in [1.54, 1.807) is 0 Å². The van der Waals surface area contributed by atoms with E-state index in [9.17, 15) is 0 Å². The minimum absolute atomic E-state index is 0.145. The molecule has 5 nitrogen and oxygen atoms in total. The topological polar surface area (TPSA) is 30.8 Å². The molecule has 0 spiro atoms. The molecule has 288 valence electrons. The second-order valence-electron chi connectivity index (χ2n) is 18.1. The van der Waals surface area contributed by atoms with Gasteiger partial charge < -0.3 is 4.42 Å². The van der Waals surface area contributed by atoms with Crippen LogP contribution in [0.3, 0.4) is 0 Å². The van der Waals surface area contributed by atoms with E-state index in [1.807, 2.05) is 0 Å². The van der Waals surface area contributed by atoms with E-state index in [-0.39, 0.29) is 12.0 Å². The van der Waals surface area contributed by atoms with Gasteiger partial charge in [-0.15, -0.1) is 0 Å². The third kappa shape index (κ3) is 4.76. The number of rotatable bonds is 6. The van der Waals surface area contributed by atoms with Crippen LogP contribution in [0.1, 0.15) is 124 Å². The number of fused-ring (bicyclic) bond motifs is 15. The van der Waals surface area contributed by atoms with Gasteiger partial charge in [0.25, 0.3) is 11.6 Å². The van der Waals surface area contributed by atoms with Crippen molar-refractivity contribution in [1.82, 2.24) is 9.13 Å². The van der Waals surface area contributed by atoms with Crippen LogP contribution in [0.2, 0.25) is 0 Å². The van der Waals surface area contributed by atoms with Gasteiger partial charge in [-0.1, -0.05) is 128 Å². The van der Waals surface area contributed by atoms with Gasteiger partial charge in [-0.25, -0.2) is 4.57 Å². The van der Waals surface area contributed by atoms with Crippen LogP contribution in [-0.4, -0.2) is 9.13 Å². The van der Waals surface area contributed by atoms with Gasteiger partial charge in [0.2, 0.25) is 0 Å². The minimum Gasteiger partial charge on any atom is -0.456 e. The number of para-hydroxylation sites is 2. The number of benzene rings is 5. The van der Waals surface area contributed by atoms with Gasteiger partial charge in [0.05, 0.1) is 22.4 Å². The Balaban J connectivity index is 1.20. The summed E-state index contributed by atoms with van der Waals surface area (Å²) in [5.41, 5.74) is 18.2. The van der Waals surface area contributed by atoms with Gasteiger partial charge in [0.15, 0.2) is 11.7 Å². The first-order valence-electron chi connectivity index (χ1n) is 21.4. The highest BCUT2D eigenvalue weighted by Crippen LogP contribution is 2.57. The maximum Gasteiger partial charge on any atom is 0.299 e. The third-order valence-corrected chi connectivity index (χ3v) is 13.5. The number of nitrogens with zero attached hydrogens (tertiary/aromatic N) is 4. The largest absolute Gasteiger partial charge is 0.456 e. The highest BCUT2D eigenvalue weighted by atomic mass is 16.3. The molecule has 58 heavy (non-hydrogen) atoms. The highest BCUT2D eigenvalue weighted by Gasteiger charge is 2.56. The molecule has 3 aliphatic rings. The number of hydrogen-bond donors (Lipinski definition) is 0. The first-order chi connectivity index (χ1) is 28.1. The van der Waals surface area contributed by atoms with Crippen LogP contribution in [0.15, 0.2) is 132 Å². The highest BCUT2D eigenvalue weighted by molar-refractivity contribution is 6.11. The predicted octanol–water partition coefficient (Wildman–Crippen LogP) is 12.7. The molecule has 5 aromatic carbocycles. The van der Waals surface area contributed by atoms with E-state index in [1.165, 1.54) is 89.6 Å². The molecule has 2 atom stereocenters. The zero-order chi connectivity index (χ0) is 39.7. The Kier molecular flexibility index (Phi) is 7.77. The number of allylic oxidation sites excluding steroid dienone is 2. The van der Waals surface area contributed by atoms with E-state index in [0.29, 0.717) is 23.7 Å². The quantitative estimate of drug-likeness (QED) is 0.155. The number of furan rings is 1. The van der Waals surface area contributed by atoms with E-state index < -0.39 is 0 Å². The summed E-state index contributed by atoms with van der Waals surface area (Å²) in [5, 5.41) is 2.37. The summed E-state index contributed by atoms with van der Waals surface area (Å²) in [4.78, 5) is 0. The summed E-state index contributed by atoms with van der Waals surface area (Å²) in [7, 11) is 0. The summed E-state index contributed by atoms with van der Waals surface area (Å²) in [6, 6.07) is 36.4. The fourth-order valence-corrected chi connectivity index (χ4v) is 10.8. The second kappa shape index (κ2) is 12.8. The fraction of sp³-hybridized carbons (Fsp3) is 0.283. The lowest BCUT2D eigenvalue weighted by molar-refractivity contribution is -0.731. The maximum atomic E-state index is 6.80. The summed E-state index contributed by atoms with van der Waals surface area (Å²) < 4.78 is 17.0. The monoisotopic (exact) mass is 760 g/mol. The summed E-state index contributed by atoms with van der Waals surface area (Å²) in [5.74, 6) is 4.16. The lowest BCUT2D eigenvalue weighted by Gasteiger charge is -2.41. The number of aromatic nitrogens is 4. The Morgan fingerprint density at radius 2 is 1.24 bits per heavy atom. The molecule has 0 radical (unpaired) electrons. The molecule has 5 heteroatoms. The average Bonchev–Trinajstić information content (AvgIpc) is 3.93. The summed E-state index contributed by atoms with van der Waals surface area (Å²) in [6.45, 7) is 18.5. The van der Waals surface area contributed by atoms with Crippen molar-refractivity contribution in [2.24, 2.45) is 0 Å². The molecule has 0 N–H and O–H groups in total. The van der Waals surface area contributed by atoms with Crippen molar-refractivity contribution >= 4 is 27.6 Å². The standard InChI is InChI=1S/C53H52N4O/c1-30(2)35-21-15-22-36(31(3)4)47(35)54-24-27-57-50-45(38-18-11-12-19-39(38)53(54)57)43-28-34-16-9-10-17-37(34)52-55(25-26-56(52)49(43)50)48-41(32(5)6)29-42(33(7)8)51-46(48)40-20-13-14-23-44(40)58-51/h9-27,29-33,45,50H,28H2,1-8H3/q+2. The number of hydrogen-bond acceptors (Lipinski definition) is 1. The second-order valence-corrected chi connectivity index (χ2v) is 18.1. The van der Waals surface area contributed by atoms with Gasteiger partial charge in [-0.3, -0.25) is 0 Å². The lowest BCUT2D eigenvalue weighted by atomic mass is 9.67. The van der Waals surface area contributed by atoms with E-state index >= 15 is 0 Å². The van der Waals surface area contributed by atoms with Crippen LogP contribution >= 0.6 is 0 Å². The molecular weight excluding hydrogens is 709 g/mol. The van der Waals surface area contributed by atoms with Gasteiger partial charge in [-0.2, -0.15) is 13.7 Å². The molecule has 3 aromatic heterocycles. The van der Waals surface area contributed by atoms with Crippen molar-refractivity contribution in [3.05, 3.63) is 161 Å². The zero-order valence-corrected chi connectivity index (χ0v) is 34.9. The maximum absolute atomic E-state index is 6.80. The molecule has 2 unspecified atom stereocenters. The van der Waals surface area contributed by atoms with Crippen LogP contribution in [0.5, 0.6) is 0 Å². The van der Waals surface area contributed by atoms with Gasteiger partial charge in [0.1, 0.15) is 47.3 Å². The van der Waals surface area contributed by atoms with Crippen LogP contribution in [-0.2, 0) is 6.42 Å². The van der Waals surface area contributed by atoms with Gasteiger partial charge in [-0.05, 0) is 76.6 Å². The smallest absolute Gasteiger partial charge is 0.299 e. The van der Waals surface area contributed by atoms with Gasteiger partial charge >= 0.3 is 0 Å². The van der Waals surface area contributed by atoms with Crippen LogP contribution < -0.4 is 9.13 Å². The Labute approximate surface area is 341 Å². The molecular formula is C53H52N4O+2. The van der Waals surface area contributed by atoms with Crippen LogP contribution in [0.4, 0.5) is 0 Å². The van der Waals surface area contributed by atoms with Crippen molar-refractivity contribution in [2.45, 2.75) is 97.4 Å². The molecule has 0 amide bonds. The van der Waals surface area contributed by atoms with Crippen LogP contribution in [0, 0.1) is 0 Å². The molecule has 5 heterocycles. The van der Waals surface area contributed by atoms with E-state index in [0.717, 1.165) is 17.6 Å². The molecule has 11 rings (SSSR count). The van der Waals surface area contributed by atoms with E-state index in [2.05, 4.69) is 196 Å². The van der Waals surface area contributed by atoms with Gasteiger partial charge in [0, 0.05) is 22.1 Å². The number of imidazole rings is 2. The minimum atomic E-state index is 0.145. The first-order valence-corrected chi connectivity index (χ1v) is 21.4. The molecule has 0 bridgehead atoms.